The third-order valence-corrected chi connectivity index (χ3v) is 16.3. The molecule has 10 atom stereocenters. The summed E-state index contributed by atoms with van der Waals surface area (Å²) in [5.74, 6) is -0.231. The highest BCUT2D eigenvalue weighted by atomic mass is 16.5. The Hall–Kier alpha value is -3.51. The van der Waals surface area contributed by atoms with Gasteiger partial charge in [0.2, 0.25) is 0 Å². The molecule has 0 amide bonds. The maximum absolute atomic E-state index is 15.0. The second-order valence-corrected chi connectivity index (χ2v) is 18.9. The molecule has 0 saturated heterocycles. The van der Waals surface area contributed by atoms with Gasteiger partial charge in [0, 0.05) is 12.0 Å². The third kappa shape index (κ3) is 5.63. The molecule has 0 aromatic heterocycles. The summed E-state index contributed by atoms with van der Waals surface area (Å²) in [7, 11) is 1.94. The van der Waals surface area contributed by atoms with Crippen LogP contribution in [0, 0.1) is 50.2 Å². The molecule has 0 spiro atoms. The maximum atomic E-state index is 15.0. The first-order valence-corrected chi connectivity index (χ1v) is 20.1. The largest absolute Gasteiger partial charge is 0.461 e. The fourth-order valence-electron chi connectivity index (χ4n) is 12.9. The van der Waals surface area contributed by atoms with E-state index in [2.05, 4.69) is 53.4 Å². The molecule has 0 heterocycles. The van der Waals surface area contributed by atoms with E-state index in [4.69, 9.17) is 9.47 Å². The van der Waals surface area contributed by atoms with E-state index in [0.29, 0.717) is 6.42 Å². The van der Waals surface area contributed by atoms with Crippen molar-refractivity contribution in [3.63, 3.8) is 0 Å². The van der Waals surface area contributed by atoms with E-state index in [1.807, 2.05) is 73.8 Å². The fraction of sp³-hybridized carbons (Fsp3) is 0.596. The zero-order valence-electron chi connectivity index (χ0n) is 33.1. The number of carbonyl (C=O) groups excluding carboxylic acids is 3. The lowest BCUT2D eigenvalue weighted by Gasteiger charge is -2.70. The average Bonchev–Trinajstić information content (AvgIpc) is 3.15. The minimum atomic E-state index is -0.759. The molecular formula is C47H61NO5. The van der Waals surface area contributed by atoms with Gasteiger partial charge in [0.15, 0.2) is 11.9 Å². The summed E-state index contributed by atoms with van der Waals surface area (Å²) < 4.78 is 12.4. The first-order chi connectivity index (χ1) is 25.1. The highest BCUT2D eigenvalue weighted by Gasteiger charge is 2.72. The van der Waals surface area contributed by atoms with Gasteiger partial charge in [-0.25, -0.2) is 0 Å². The lowest BCUT2D eigenvalue weighted by atomic mass is 9.33. The van der Waals surface area contributed by atoms with Gasteiger partial charge in [0.05, 0.1) is 10.8 Å². The molecule has 0 aliphatic heterocycles. The Kier molecular flexibility index (Phi) is 9.52. The van der Waals surface area contributed by atoms with Crippen LogP contribution in [0.4, 0.5) is 0 Å². The molecule has 5 aliphatic rings. The van der Waals surface area contributed by atoms with Gasteiger partial charge in [-0.2, -0.15) is 0 Å². The number of hydrogen-bond acceptors (Lipinski definition) is 6. The predicted molar refractivity (Wildman–Crippen MR) is 209 cm³/mol. The van der Waals surface area contributed by atoms with Crippen LogP contribution in [-0.4, -0.2) is 37.4 Å². The number of allylic oxidation sites excluding steroid dienone is 2. The molecule has 284 valence electrons. The van der Waals surface area contributed by atoms with Gasteiger partial charge in [0.25, 0.3) is 0 Å². The van der Waals surface area contributed by atoms with Gasteiger partial charge in [-0.3, -0.25) is 14.4 Å². The topological polar surface area (TPSA) is 81.7 Å². The number of ketones is 1. The highest BCUT2D eigenvalue weighted by Crippen LogP contribution is 2.75. The summed E-state index contributed by atoms with van der Waals surface area (Å²) in [4.78, 5) is 43.5. The van der Waals surface area contributed by atoms with Crippen LogP contribution in [-0.2, 0) is 23.9 Å². The smallest absolute Gasteiger partial charge is 0.313 e. The highest BCUT2D eigenvalue weighted by molar-refractivity contribution is 5.96. The normalized spacial score (nSPS) is 40.5. The van der Waals surface area contributed by atoms with E-state index >= 15 is 4.79 Å². The van der Waals surface area contributed by atoms with E-state index < -0.39 is 16.9 Å². The van der Waals surface area contributed by atoms with Gasteiger partial charge in [0.1, 0.15) is 6.61 Å². The van der Waals surface area contributed by atoms with Crippen molar-refractivity contribution < 1.29 is 23.9 Å². The zero-order chi connectivity index (χ0) is 38.0. The van der Waals surface area contributed by atoms with E-state index in [0.717, 1.165) is 62.5 Å². The summed E-state index contributed by atoms with van der Waals surface area (Å²) >= 11 is 0. The van der Waals surface area contributed by atoms with Gasteiger partial charge >= 0.3 is 11.9 Å². The molecule has 6 heteroatoms. The summed E-state index contributed by atoms with van der Waals surface area (Å²) in [5, 5.41) is 3.47. The van der Waals surface area contributed by atoms with E-state index in [9.17, 15) is 9.59 Å². The Balaban J connectivity index is 1.22. The molecule has 0 bridgehead atoms. The van der Waals surface area contributed by atoms with Crippen LogP contribution < -0.4 is 5.32 Å². The van der Waals surface area contributed by atoms with Gasteiger partial charge in [-0.1, -0.05) is 107 Å². The summed E-state index contributed by atoms with van der Waals surface area (Å²) in [6.07, 6.45) is 11.1. The Labute approximate surface area is 317 Å². The molecule has 6 nitrogen and oxygen atoms in total. The van der Waals surface area contributed by atoms with Crippen molar-refractivity contribution >= 4 is 17.7 Å². The first kappa shape index (κ1) is 37.8. The molecule has 2 aromatic carbocycles. The summed E-state index contributed by atoms with van der Waals surface area (Å²) in [6.45, 7) is 17.7. The number of ether oxygens (including phenoxy) is 2. The lowest BCUT2D eigenvalue weighted by Crippen LogP contribution is -2.69. The molecule has 5 aliphatic carbocycles. The fourth-order valence-corrected chi connectivity index (χ4v) is 12.9. The second-order valence-electron chi connectivity index (χ2n) is 18.9. The number of carbonyl (C=O) groups is 3. The summed E-state index contributed by atoms with van der Waals surface area (Å²) in [5.41, 5.74) is 0.890. The molecule has 0 radical (unpaired) electrons. The number of fused-ring (bicyclic) bond motifs is 7. The van der Waals surface area contributed by atoms with Crippen LogP contribution in [0.15, 0.2) is 85.0 Å². The van der Waals surface area contributed by atoms with Crippen LogP contribution in [0.1, 0.15) is 117 Å². The standard InChI is InChI=1S/C47H61NO5/c1-9-28-52-41(51)47(7)36-20-23-46(6)39(44(36,4)22-21-37(47)48-8)35(49)29-33-34-30-43(3,25-24-42(34,2)26-27-45(33,46)5)40(50)53-38(31-16-12-10-13-17-31)32-18-14-11-15-19-32/h9-19,29,34,36-39,48H,1,20-28,30H2,2-8H3/t34-,36+,37-,39+,42+,43-,44-,45+,46+,47-/m0/s1. The van der Waals surface area contributed by atoms with Crippen LogP contribution in [0.25, 0.3) is 0 Å². The second kappa shape index (κ2) is 13.4. The minimum Gasteiger partial charge on any atom is -0.461 e. The van der Waals surface area contributed by atoms with Crippen molar-refractivity contribution in [1.29, 1.82) is 0 Å². The lowest BCUT2D eigenvalue weighted by molar-refractivity contribution is -0.203. The Bertz CT molecular complexity index is 1750. The Morgan fingerprint density at radius 3 is 2.08 bits per heavy atom. The van der Waals surface area contributed by atoms with Crippen molar-refractivity contribution in [3.8, 4) is 0 Å². The number of hydrogen-bond donors (Lipinski definition) is 1. The molecule has 4 fully saturated rings. The number of nitrogens with one attached hydrogen (secondary N) is 1. The number of rotatable bonds is 8. The quantitative estimate of drug-likeness (QED) is 0.216. The van der Waals surface area contributed by atoms with Crippen LogP contribution in [0.2, 0.25) is 0 Å². The van der Waals surface area contributed by atoms with Crippen molar-refractivity contribution in [2.45, 2.75) is 111 Å². The van der Waals surface area contributed by atoms with Gasteiger partial charge in [-0.15, -0.1) is 0 Å². The molecule has 0 unspecified atom stereocenters. The Morgan fingerprint density at radius 1 is 0.849 bits per heavy atom. The molecule has 1 N–H and O–H groups in total. The van der Waals surface area contributed by atoms with Crippen LogP contribution in [0.5, 0.6) is 0 Å². The molecule has 53 heavy (non-hydrogen) atoms. The van der Waals surface area contributed by atoms with Crippen molar-refractivity contribution in [3.05, 3.63) is 96.1 Å². The predicted octanol–water partition coefficient (Wildman–Crippen LogP) is 9.60. The molecular weight excluding hydrogens is 659 g/mol. The van der Waals surface area contributed by atoms with Crippen molar-refractivity contribution in [2.75, 3.05) is 13.7 Å². The molecule has 4 saturated carbocycles. The van der Waals surface area contributed by atoms with Crippen LogP contribution in [0.3, 0.4) is 0 Å². The minimum absolute atomic E-state index is 0.00265. The van der Waals surface area contributed by atoms with E-state index in [1.165, 1.54) is 5.57 Å². The summed E-state index contributed by atoms with van der Waals surface area (Å²) in [6, 6.07) is 20.0. The van der Waals surface area contributed by atoms with Crippen molar-refractivity contribution in [2.24, 2.45) is 50.2 Å². The zero-order valence-corrected chi connectivity index (χ0v) is 33.1. The van der Waals surface area contributed by atoms with E-state index in [-0.39, 0.29) is 69.8 Å². The number of benzene rings is 2. The van der Waals surface area contributed by atoms with Crippen molar-refractivity contribution in [1.82, 2.24) is 5.32 Å². The molecule has 2 aromatic rings. The molecule has 7 rings (SSSR count). The maximum Gasteiger partial charge on any atom is 0.313 e. The van der Waals surface area contributed by atoms with Crippen LogP contribution >= 0.6 is 0 Å². The first-order valence-electron chi connectivity index (χ1n) is 20.1. The monoisotopic (exact) mass is 719 g/mol. The average molecular weight is 720 g/mol. The SMILES string of the molecule is C=CCOC(=O)[C@]1(C)[C@@H](NC)CC[C@@]2(C)[C@H]1CC[C@]1(C)[C@@H]2C(=O)C=C2[C@@H]3C[C@@](C)(C(=O)OC(c4ccccc4)c4ccccc4)CC[C@]3(C)CC[C@]21C. The van der Waals surface area contributed by atoms with E-state index in [1.54, 1.807) is 6.08 Å². The van der Waals surface area contributed by atoms with Gasteiger partial charge < -0.3 is 14.8 Å². The van der Waals surface area contributed by atoms with Gasteiger partial charge in [-0.05, 0) is 129 Å². The third-order valence-electron chi connectivity index (χ3n) is 16.3. The Morgan fingerprint density at radius 2 is 1.47 bits per heavy atom. The number of esters is 2.